The molecule has 0 nitrogen and oxygen atoms in total. The maximum absolute atomic E-state index is 2.43. The van der Waals surface area contributed by atoms with Gasteiger partial charge in [0.25, 0.3) is 0 Å². The molecule has 0 saturated heterocycles. The zero-order chi connectivity index (χ0) is 24.8. The largest absolute Gasteiger partial charge is 0.0763 e. The highest BCUT2D eigenvalue weighted by Crippen LogP contribution is 2.54. The molecule has 0 unspecified atom stereocenters. The van der Waals surface area contributed by atoms with Crippen molar-refractivity contribution in [3.05, 3.63) is 126 Å². The lowest BCUT2D eigenvalue weighted by atomic mass is 9.86. The topological polar surface area (TPSA) is 0 Å². The summed E-state index contributed by atoms with van der Waals surface area (Å²) in [4.78, 5) is 0. The molecule has 0 radical (unpaired) electrons. The molecule has 0 bridgehead atoms. The number of fused-ring (bicyclic) bond motifs is 6. The van der Waals surface area contributed by atoms with Crippen molar-refractivity contribution in [3.8, 4) is 22.3 Å². The van der Waals surface area contributed by atoms with Crippen LogP contribution in [0.1, 0.15) is 12.0 Å². The Kier molecular flexibility index (Phi) is 3.99. The molecule has 0 heterocycles. The van der Waals surface area contributed by atoms with Crippen molar-refractivity contribution in [2.24, 2.45) is 0 Å². The van der Waals surface area contributed by atoms with Crippen LogP contribution in [0.2, 0.25) is 0 Å². The second-order valence-electron chi connectivity index (χ2n) is 10.7. The molecule has 0 aliphatic heterocycles. The molecule has 8 aromatic carbocycles. The van der Waals surface area contributed by atoms with Crippen LogP contribution in [0.25, 0.3) is 82.2 Å². The molecule has 0 amide bonds. The van der Waals surface area contributed by atoms with Gasteiger partial charge < -0.3 is 0 Å². The summed E-state index contributed by atoms with van der Waals surface area (Å²) in [5, 5.41) is 15.3. The van der Waals surface area contributed by atoms with Crippen LogP contribution >= 0.6 is 0 Å². The van der Waals surface area contributed by atoms with Crippen LogP contribution in [-0.4, -0.2) is 0 Å². The summed E-state index contributed by atoms with van der Waals surface area (Å²) in [7, 11) is 0. The molecule has 38 heavy (non-hydrogen) atoms. The lowest BCUT2D eigenvalue weighted by Gasteiger charge is -2.16. The van der Waals surface area contributed by atoms with Crippen molar-refractivity contribution in [3.63, 3.8) is 0 Å². The van der Waals surface area contributed by atoms with E-state index in [1.54, 1.807) is 0 Å². The zero-order valence-corrected chi connectivity index (χ0v) is 21.0. The Morgan fingerprint density at radius 1 is 0.395 bits per heavy atom. The van der Waals surface area contributed by atoms with E-state index in [9.17, 15) is 0 Å². The van der Waals surface area contributed by atoms with Crippen LogP contribution in [0.15, 0.2) is 115 Å². The Morgan fingerprint density at radius 2 is 0.921 bits per heavy atom. The minimum Gasteiger partial charge on any atom is -0.0763 e. The van der Waals surface area contributed by atoms with E-state index in [-0.39, 0.29) is 0 Å². The number of aryl methyl sites for hydroxylation is 1. The maximum Gasteiger partial charge on any atom is -0.000719 e. The van der Waals surface area contributed by atoms with E-state index in [2.05, 4.69) is 121 Å². The number of benzene rings is 6. The summed E-state index contributed by atoms with van der Waals surface area (Å²) in [5.41, 5.74) is 6.91. The average Bonchev–Trinajstić information content (AvgIpc) is 3.49. The molecule has 8 aromatic rings. The lowest BCUT2D eigenvalue weighted by Crippen LogP contribution is -2.06. The summed E-state index contributed by atoms with van der Waals surface area (Å²) < 4.78 is 0. The van der Waals surface area contributed by atoms with Gasteiger partial charge in [-0.2, -0.15) is 0 Å². The highest BCUT2D eigenvalue weighted by molar-refractivity contribution is 6.43. The Labute approximate surface area is 220 Å². The summed E-state index contributed by atoms with van der Waals surface area (Å²) >= 11 is 0. The Hall–Kier alpha value is -4.68. The summed E-state index contributed by atoms with van der Waals surface area (Å²) in [6, 6.07) is 42.8. The first-order valence-electron chi connectivity index (χ1n) is 13.6. The predicted molar refractivity (Wildman–Crippen MR) is 164 cm³/mol. The number of hydrogen-bond acceptors (Lipinski definition) is 0. The van der Waals surface area contributed by atoms with Crippen molar-refractivity contribution in [1.82, 2.24) is 0 Å². The molecule has 0 atom stereocenters. The number of hydrogen-bond donors (Lipinski definition) is 0. The smallest absolute Gasteiger partial charge is 0.000719 e. The standard InChI is InChI=1S/C38H24/c1-3-11-25(12-4-1)33-35-27-19-7-15-23-17-9-21-29(31(23)27)37(35)34(26-13-5-2-6-14-26)38-30-22-10-18-24-16-8-20-28(32(24)30)36(33)38/h1-9,11-21H,10,22H2. The Morgan fingerprint density at radius 3 is 1.55 bits per heavy atom. The van der Waals surface area contributed by atoms with Crippen molar-refractivity contribution in [2.45, 2.75) is 12.8 Å². The molecule has 0 spiro atoms. The summed E-state index contributed by atoms with van der Waals surface area (Å²) in [6.07, 6.45) is 4.61. The van der Waals surface area contributed by atoms with Crippen LogP contribution in [0.5, 0.6) is 0 Å². The van der Waals surface area contributed by atoms with Gasteiger partial charge in [-0.05, 0) is 99.7 Å². The molecular formula is C38H24. The van der Waals surface area contributed by atoms with Crippen molar-refractivity contribution < 1.29 is 0 Å². The first-order chi connectivity index (χ1) is 18.9. The van der Waals surface area contributed by atoms with Gasteiger partial charge in [-0.15, -0.1) is 0 Å². The zero-order valence-electron chi connectivity index (χ0n) is 21.0. The highest BCUT2D eigenvalue weighted by Gasteiger charge is 2.28. The Bertz CT molecular complexity index is 2250. The summed E-state index contributed by atoms with van der Waals surface area (Å²) in [5.74, 6) is 0. The lowest BCUT2D eigenvalue weighted by molar-refractivity contribution is 1.05. The molecule has 0 heteroatoms. The third-order valence-corrected chi connectivity index (χ3v) is 8.80. The monoisotopic (exact) mass is 480 g/mol. The van der Waals surface area contributed by atoms with Gasteiger partial charge in [0.1, 0.15) is 0 Å². The third-order valence-electron chi connectivity index (χ3n) is 8.80. The fourth-order valence-corrected chi connectivity index (χ4v) is 7.44. The molecule has 1 aliphatic rings. The second-order valence-corrected chi connectivity index (χ2v) is 10.7. The minimum atomic E-state index is 1.08. The third kappa shape index (κ3) is 2.50. The van der Waals surface area contributed by atoms with Gasteiger partial charge >= 0.3 is 0 Å². The molecule has 0 N–H and O–H groups in total. The summed E-state index contributed by atoms with van der Waals surface area (Å²) in [6.45, 7) is 0. The van der Waals surface area contributed by atoms with Crippen LogP contribution < -0.4 is 5.22 Å². The van der Waals surface area contributed by atoms with Crippen LogP contribution in [0.3, 0.4) is 0 Å². The van der Waals surface area contributed by atoms with E-state index in [0.29, 0.717) is 0 Å². The molecule has 0 fully saturated rings. The fourth-order valence-electron chi connectivity index (χ4n) is 7.44. The van der Waals surface area contributed by atoms with Crippen LogP contribution in [0.4, 0.5) is 0 Å². The normalized spacial score (nSPS) is 13.3. The van der Waals surface area contributed by atoms with Gasteiger partial charge in [0.2, 0.25) is 0 Å². The SMILES string of the molecule is C1=c2cccc3c2c(c2c(-c4ccccc4)c4c5cccc6cccc(c4c(-c4ccccc4)c23)c65)CC1. The van der Waals surface area contributed by atoms with Gasteiger partial charge in [0, 0.05) is 0 Å². The number of rotatable bonds is 2. The van der Waals surface area contributed by atoms with Gasteiger partial charge in [-0.3, -0.25) is 0 Å². The van der Waals surface area contributed by atoms with Gasteiger partial charge in [0.15, 0.2) is 0 Å². The van der Waals surface area contributed by atoms with Crippen LogP contribution in [0, 0.1) is 0 Å². The van der Waals surface area contributed by atoms with Crippen molar-refractivity contribution >= 4 is 59.9 Å². The quantitative estimate of drug-likeness (QED) is 0.231. The molecule has 9 rings (SSSR count). The predicted octanol–water partition coefficient (Wildman–Crippen LogP) is 9.67. The van der Waals surface area contributed by atoms with E-state index in [1.165, 1.54) is 86.9 Å². The van der Waals surface area contributed by atoms with E-state index in [1.807, 2.05) is 0 Å². The molecular weight excluding hydrogens is 456 g/mol. The van der Waals surface area contributed by atoms with E-state index in [4.69, 9.17) is 0 Å². The van der Waals surface area contributed by atoms with Crippen molar-refractivity contribution in [2.75, 3.05) is 0 Å². The fraction of sp³-hybridized carbons (Fsp3) is 0.0526. The molecule has 0 aromatic heterocycles. The van der Waals surface area contributed by atoms with Gasteiger partial charge in [-0.1, -0.05) is 121 Å². The Balaban J connectivity index is 1.71. The second kappa shape index (κ2) is 7.43. The minimum absolute atomic E-state index is 1.08. The van der Waals surface area contributed by atoms with E-state index in [0.717, 1.165) is 12.8 Å². The van der Waals surface area contributed by atoms with Crippen molar-refractivity contribution in [1.29, 1.82) is 0 Å². The van der Waals surface area contributed by atoms with Crippen LogP contribution in [-0.2, 0) is 6.42 Å². The van der Waals surface area contributed by atoms with E-state index < -0.39 is 0 Å². The molecule has 1 aliphatic carbocycles. The highest BCUT2D eigenvalue weighted by atomic mass is 14.3. The molecule has 0 saturated carbocycles. The molecule has 176 valence electrons. The average molecular weight is 481 g/mol. The first-order valence-corrected chi connectivity index (χ1v) is 13.6. The van der Waals surface area contributed by atoms with Gasteiger partial charge in [0.05, 0.1) is 0 Å². The first kappa shape index (κ1) is 20.4. The maximum atomic E-state index is 2.43. The van der Waals surface area contributed by atoms with E-state index >= 15 is 0 Å². The van der Waals surface area contributed by atoms with Gasteiger partial charge in [-0.25, -0.2) is 0 Å².